The second-order valence-corrected chi connectivity index (χ2v) is 7.04. The van der Waals surface area contributed by atoms with Crippen molar-refractivity contribution in [2.45, 2.75) is 38.9 Å². The smallest absolute Gasteiger partial charge is 0.257 e. The average Bonchev–Trinajstić information content (AvgIpc) is 3.42. The van der Waals surface area contributed by atoms with Crippen LogP contribution < -0.4 is 0 Å². The molecule has 0 saturated heterocycles. The first-order valence-electron chi connectivity index (χ1n) is 9.23. The highest BCUT2D eigenvalue weighted by atomic mass is 19.1. The molecule has 1 aliphatic carbocycles. The second-order valence-electron chi connectivity index (χ2n) is 7.04. The number of aryl methyl sites for hydroxylation is 1. The van der Waals surface area contributed by atoms with Gasteiger partial charge in [0.25, 0.3) is 5.91 Å². The summed E-state index contributed by atoms with van der Waals surface area (Å²) < 4.78 is 16.2. The molecule has 0 spiro atoms. The van der Waals surface area contributed by atoms with Gasteiger partial charge in [-0.1, -0.05) is 36.4 Å². The number of amides is 1. The molecule has 138 valence electrons. The molecule has 2 aromatic carbocycles. The van der Waals surface area contributed by atoms with E-state index in [9.17, 15) is 9.18 Å². The zero-order valence-corrected chi connectivity index (χ0v) is 15.3. The Bertz CT molecular complexity index is 961. The number of hydrogen-bond donors (Lipinski definition) is 0. The summed E-state index contributed by atoms with van der Waals surface area (Å²) in [5, 5.41) is 0. The first-order valence-corrected chi connectivity index (χ1v) is 9.23. The summed E-state index contributed by atoms with van der Waals surface area (Å²) in [6.07, 6.45) is 5.60. The van der Waals surface area contributed by atoms with E-state index < -0.39 is 5.82 Å². The Hall–Kier alpha value is -2.95. The maximum Gasteiger partial charge on any atom is 0.257 e. The Morgan fingerprint density at radius 3 is 2.67 bits per heavy atom. The molecule has 1 saturated carbocycles. The summed E-state index contributed by atoms with van der Waals surface area (Å²) in [5.74, 6) is 0.0762. The topological polar surface area (TPSA) is 38.1 Å². The van der Waals surface area contributed by atoms with E-state index in [1.807, 2.05) is 18.3 Å². The zero-order valence-electron chi connectivity index (χ0n) is 15.3. The molecule has 0 N–H and O–H groups in total. The Morgan fingerprint density at radius 2 is 1.93 bits per heavy atom. The number of halogens is 1. The summed E-state index contributed by atoms with van der Waals surface area (Å²) in [7, 11) is 0. The summed E-state index contributed by atoms with van der Waals surface area (Å²) in [5.41, 5.74) is 2.56. The van der Waals surface area contributed by atoms with E-state index in [0.717, 1.165) is 18.7 Å². The minimum atomic E-state index is -0.476. The minimum absolute atomic E-state index is 0.126. The fraction of sp³-hybridized carbons (Fsp3) is 0.273. The summed E-state index contributed by atoms with van der Waals surface area (Å²) in [4.78, 5) is 19.2. The second kappa shape index (κ2) is 7.35. The van der Waals surface area contributed by atoms with E-state index in [4.69, 9.17) is 0 Å². The van der Waals surface area contributed by atoms with Gasteiger partial charge in [0.15, 0.2) is 0 Å². The predicted octanol–water partition coefficient (Wildman–Crippen LogP) is 4.18. The summed E-state index contributed by atoms with van der Waals surface area (Å²) in [6.45, 7) is 3.18. The molecule has 1 fully saturated rings. The van der Waals surface area contributed by atoms with Gasteiger partial charge in [-0.3, -0.25) is 4.79 Å². The van der Waals surface area contributed by atoms with Gasteiger partial charge in [-0.15, -0.1) is 0 Å². The third kappa shape index (κ3) is 3.77. The molecule has 3 aromatic rings. The van der Waals surface area contributed by atoms with Crippen LogP contribution >= 0.6 is 0 Å². The molecule has 0 unspecified atom stereocenters. The van der Waals surface area contributed by atoms with Crippen LogP contribution in [0.5, 0.6) is 0 Å². The van der Waals surface area contributed by atoms with Gasteiger partial charge in [-0.05, 0) is 43.0 Å². The average molecular weight is 363 g/mol. The highest BCUT2D eigenvalue weighted by molar-refractivity contribution is 5.94. The Labute approximate surface area is 158 Å². The molecular weight excluding hydrogens is 341 g/mol. The van der Waals surface area contributed by atoms with Gasteiger partial charge >= 0.3 is 0 Å². The molecule has 27 heavy (non-hydrogen) atoms. The fourth-order valence-corrected chi connectivity index (χ4v) is 3.30. The van der Waals surface area contributed by atoms with Crippen molar-refractivity contribution in [3.63, 3.8) is 0 Å². The van der Waals surface area contributed by atoms with Gasteiger partial charge in [0, 0.05) is 25.0 Å². The third-order valence-corrected chi connectivity index (χ3v) is 5.07. The fourth-order valence-electron chi connectivity index (χ4n) is 3.30. The summed E-state index contributed by atoms with van der Waals surface area (Å²) >= 11 is 0. The van der Waals surface area contributed by atoms with Crippen LogP contribution in [0.2, 0.25) is 0 Å². The van der Waals surface area contributed by atoms with Crippen LogP contribution in [-0.2, 0) is 13.1 Å². The lowest BCUT2D eigenvalue weighted by Gasteiger charge is -2.23. The lowest BCUT2D eigenvalue weighted by molar-refractivity contribution is 0.0719. The van der Waals surface area contributed by atoms with Crippen molar-refractivity contribution in [3.8, 4) is 0 Å². The van der Waals surface area contributed by atoms with Gasteiger partial charge in [0.1, 0.15) is 11.6 Å². The molecule has 1 amide bonds. The monoisotopic (exact) mass is 363 g/mol. The van der Waals surface area contributed by atoms with Crippen LogP contribution in [0.4, 0.5) is 4.39 Å². The van der Waals surface area contributed by atoms with E-state index in [1.54, 1.807) is 29.3 Å². The number of aromatic nitrogens is 2. The van der Waals surface area contributed by atoms with Gasteiger partial charge in [-0.25, -0.2) is 9.37 Å². The maximum absolute atomic E-state index is 14.1. The number of benzene rings is 2. The number of rotatable bonds is 6. The number of hydrogen-bond acceptors (Lipinski definition) is 2. The SMILES string of the molecule is Cc1ccccc1Cn1ccnc1CN(C(=O)c1ccccc1F)C1CC1. The quantitative estimate of drug-likeness (QED) is 0.659. The number of imidazole rings is 1. The van der Waals surface area contributed by atoms with E-state index >= 15 is 0 Å². The van der Waals surface area contributed by atoms with Gasteiger partial charge in [-0.2, -0.15) is 0 Å². The van der Waals surface area contributed by atoms with Gasteiger partial charge in [0.2, 0.25) is 0 Å². The minimum Gasteiger partial charge on any atom is -0.329 e. The Kier molecular flexibility index (Phi) is 4.75. The molecule has 5 heteroatoms. The first-order chi connectivity index (χ1) is 13.1. The van der Waals surface area contributed by atoms with Gasteiger partial charge < -0.3 is 9.47 Å². The van der Waals surface area contributed by atoms with Gasteiger partial charge in [0.05, 0.1) is 12.1 Å². The van der Waals surface area contributed by atoms with E-state index in [1.165, 1.54) is 17.2 Å². The molecule has 0 bridgehead atoms. The maximum atomic E-state index is 14.1. The molecular formula is C22H22FN3O. The largest absolute Gasteiger partial charge is 0.329 e. The van der Waals surface area contributed by atoms with Crippen molar-refractivity contribution in [1.82, 2.24) is 14.5 Å². The molecule has 0 aliphatic heterocycles. The number of carbonyl (C=O) groups is 1. The van der Waals surface area contributed by atoms with Crippen molar-refractivity contribution in [2.75, 3.05) is 0 Å². The van der Waals surface area contributed by atoms with E-state index in [0.29, 0.717) is 13.1 Å². The van der Waals surface area contributed by atoms with E-state index in [-0.39, 0.29) is 17.5 Å². The molecule has 1 aliphatic rings. The van der Waals surface area contributed by atoms with Crippen LogP contribution in [0.1, 0.15) is 40.2 Å². The van der Waals surface area contributed by atoms with Crippen molar-refractivity contribution < 1.29 is 9.18 Å². The van der Waals surface area contributed by atoms with Crippen LogP contribution in [0.3, 0.4) is 0 Å². The Morgan fingerprint density at radius 1 is 1.19 bits per heavy atom. The van der Waals surface area contributed by atoms with Crippen molar-refractivity contribution in [1.29, 1.82) is 0 Å². The Balaban J connectivity index is 1.57. The van der Waals surface area contributed by atoms with Crippen molar-refractivity contribution in [2.24, 2.45) is 0 Å². The lowest BCUT2D eigenvalue weighted by Crippen LogP contribution is -2.34. The number of nitrogens with zero attached hydrogens (tertiary/aromatic N) is 3. The zero-order chi connectivity index (χ0) is 18.8. The van der Waals surface area contributed by atoms with E-state index in [2.05, 4.69) is 28.6 Å². The molecule has 4 nitrogen and oxygen atoms in total. The molecule has 1 heterocycles. The normalized spacial score (nSPS) is 13.6. The summed E-state index contributed by atoms with van der Waals surface area (Å²) in [6, 6.07) is 14.6. The predicted molar refractivity (Wildman–Crippen MR) is 102 cm³/mol. The van der Waals surface area contributed by atoms with Crippen LogP contribution in [0, 0.1) is 12.7 Å². The third-order valence-electron chi connectivity index (χ3n) is 5.07. The lowest BCUT2D eigenvalue weighted by atomic mass is 10.1. The number of carbonyl (C=O) groups excluding carboxylic acids is 1. The van der Waals surface area contributed by atoms with Crippen molar-refractivity contribution in [3.05, 3.63) is 89.3 Å². The molecule has 0 radical (unpaired) electrons. The van der Waals surface area contributed by atoms with Crippen molar-refractivity contribution >= 4 is 5.91 Å². The van der Waals surface area contributed by atoms with Crippen LogP contribution in [-0.4, -0.2) is 26.4 Å². The highest BCUT2D eigenvalue weighted by Gasteiger charge is 2.34. The highest BCUT2D eigenvalue weighted by Crippen LogP contribution is 2.30. The standard InChI is InChI=1S/C22H22FN3O/c1-16-6-2-3-7-17(16)14-25-13-12-24-21(25)15-26(18-10-11-18)22(27)19-8-4-5-9-20(19)23/h2-9,12-13,18H,10-11,14-15H2,1H3. The molecule has 0 atom stereocenters. The molecule has 4 rings (SSSR count). The molecule has 1 aromatic heterocycles. The van der Waals surface area contributed by atoms with Crippen LogP contribution in [0.15, 0.2) is 60.9 Å². The first kappa shape index (κ1) is 17.5. The van der Waals surface area contributed by atoms with Crippen LogP contribution in [0.25, 0.3) is 0 Å².